The SMILES string of the molecule is CN=C(NCc1ccc(N2CCSCC2)cc1)NCc1ccccc1Cn1cccn1. The van der Waals surface area contributed by atoms with Crippen LogP contribution in [0.4, 0.5) is 5.69 Å². The lowest BCUT2D eigenvalue weighted by Crippen LogP contribution is -2.36. The Balaban J connectivity index is 1.29. The Morgan fingerprint density at radius 3 is 2.42 bits per heavy atom. The number of aliphatic imine (C=N–C) groups is 1. The topological polar surface area (TPSA) is 57.5 Å². The van der Waals surface area contributed by atoms with E-state index in [9.17, 15) is 0 Å². The Morgan fingerprint density at radius 1 is 0.968 bits per heavy atom. The lowest BCUT2D eigenvalue weighted by atomic mass is 10.1. The Kier molecular flexibility index (Phi) is 7.50. The zero-order valence-corrected chi connectivity index (χ0v) is 18.8. The highest BCUT2D eigenvalue weighted by atomic mass is 32.2. The number of guanidine groups is 1. The summed E-state index contributed by atoms with van der Waals surface area (Å²) in [6.07, 6.45) is 3.80. The molecule has 162 valence electrons. The first kappa shape index (κ1) is 21.3. The van der Waals surface area contributed by atoms with E-state index in [0.717, 1.165) is 32.1 Å². The van der Waals surface area contributed by atoms with Gasteiger partial charge in [-0.15, -0.1) is 0 Å². The minimum absolute atomic E-state index is 0.711. The second kappa shape index (κ2) is 10.9. The van der Waals surface area contributed by atoms with Crippen molar-refractivity contribution in [3.8, 4) is 0 Å². The molecule has 0 bridgehead atoms. The zero-order valence-electron chi connectivity index (χ0n) is 18.0. The van der Waals surface area contributed by atoms with Gasteiger partial charge in [0.2, 0.25) is 0 Å². The van der Waals surface area contributed by atoms with Gasteiger partial charge in [0.15, 0.2) is 5.96 Å². The third-order valence-electron chi connectivity index (χ3n) is 5.45. The molecule has 0 aliphatic carbocycles. The summed E-state index contributed by atoms with van der Waals surface area (Å²) in [6.45, 7) is 4.49. The summed E-state index contributed by atoms with van der Waals surface area (Å²) >= 11 is 2.04. The van der Waals surface area contributed by atoms with Crippen LogP contribution in [0.3, 0.4) is 0 Å². The van der Waals surface area contributed by atoms with E-state index < -0.39 is 0 Å². The van der Waals surface area contributed by atoms with Crippen LogP contribution in [0.5, 0.6) is 0 Å². The molecule has 0 saturated carbocycles. The second-order valence-corrected chi connectivity index (χ2v) is 8.74. The Labute approximate surface area is 188 Å². The van der Waals surface area contributed by atoms with Gasteiger partial charge in [-0.2, -0.15) is 16.9 Å². The summed E-state index contributed by atoms with van der Waals surface area (Å²) < 4.78 is 1.94. The molecule has 1 aromatic heterocycles. The maximum absolute atomic E-state index is 4.38. The molecule has 31 heavy (non-hydrogen) atoms. The highest BCUT2D eigenvalue weighted by Gasteiger charge is 2.11. The van der Waals surface area contributed by atoms with Crippen LogP contribution in [0.15, 0.2) is 72.0 Å². The van der Waals surface area contributed by atoms with E-state index in [4.69, 9.17) is 0 Å². The summed E-state index contributed by atoms with van der Waals surface area (Å²) in [7, 11) is 1.81. The van der Waals surface area contributed by atoms with Gasteiger partial charge >= 0.3 is 0 Å². The van der Waals surface area contributed by atoms with Crippen LogP contribution in [0.2, 0.25) is 0 Å². The molecular weight excluding hydrogens is 404 g/mol. The number of hydrogen-bond acceptors (Lipinski definition) is 4. The maximum atomic E-state index is 4.38. The first-order chi connectivity index (χ1) is 15.3. The number of nitrogens with zero attached hydrogens (tertiary/aromatic N) is 4. The zero-order chi connectivity index (χ0) is 21.3. The molecule has 1 fully saturated rings. The van der Waals surface area contributed by atoms with Crippen molar-refractivity contribution in [2.45, 2.75) is 19.6 Å². The average Bonchev–Trinajstić information content (AvgIpc) is 3.34. The number of aromatic nitrogens is 2. The van der Waals surface area contributed by atoms with Crippen LogP contribution >= 0.6 is 11.8 Å². The summed E-state index contributed by atoms with van der Waals surface area (Å²) in [6, 6.07) is 19.3. The van der Waals surface area contributed by atoms with Crippen LogP contribution < -0.4 is 15.5 Å². The van der Waals surface area contributed by atoms with E-state index in [2.05, 4.69) is 74.2 Å². The van der Waals surface area contributed by atoms with Crippen molar-refractivity contribution >= 4 is 23.4 Å². The van der Waals surface area contributed by atoms with Crippen molar-refractivity contribution in [1.82, 2.24) is 20.4 Å². The lowest BCUT2D eigenvalue weighted by Gasteiger charge is -2.28. The molecule has 2 N–H and O–H groups in total. The maximum Gasteiger partial charge on any atom is 0.191 e. The molecule has 6 nitrogen and oxygen atoms in total. The summed E-state index contributed by atoms with van der Waals surface area (Å²) in [5.41, 5.74) is 5.06. The van der Waals surface area contributed by atoms with Crippen LogP contribution in [0.25, 0.3) is 0 Å². The smallest absolute Gasteiger partial charge is 0.191 e. The number of nitrogens with one attached hydrogen (secondary N) is 2. The highest BCUT2D eigenvalue weighted by molar-refractivity contribution is 7.99. The quantitative estimate of drug-likeness (QED) is 0.441. The van der Waals surface area contributed by atoms with Crippen molar-refractivity contribution in [3.63, 3.8) is 0 Å². The number of benzene rings is 2. The molecule has 3 aromatic rings. The molecule has 1 aliphatic rings. The molecule has 0 amide bonds. The van der Waals surface area contributed by atoms with Gasteiger partial charge in [-0.05, 0) is 34.9 Å². The van der Waals surface area contributed by atoms with E-state index in [1.807, 2.05) is 42.0 Å². The van der Waals surface area contributed by atoms with Crippen molar-refractivity contribution in [2.75, 3.05) is 36.5 Å². The molecule has 7 heteroatoms. The Hall–Kier alpha value is -2.93. The Morgan fingerprint density at radius 2 is 1.71 bits per heavy atom. The van der Waals surface area contributed by atoms with Crippen molar-refractivity contribution in [2.24, 2.45) is 4.99 Å². The van der Waals surface area contributed by atoms with Gasteiger partial charge in [-0.1, -0.05) is 36.4 Å². The molecule has 1 saturated heterocycles. The van der Waals surface area contributed by atoms with Crippen molar-refractivity contribution < 1.29 is 0 Å². The molecule has 4 rings (SSSR count). The summed E-state index contributed by atoms with van der Waals surface area (Å²) in [5.74, 6) is 3.23. The fourth-order valence-corrected chi connectivity index (χ4v) is 4.59. The minimum atomic E-state index is 0.711. The minimum Gasteiger partial charge on any atom is -0.370 e. The third kappa shape index (κ3) is 6.04. The van der Waals surface area contributed by atoms with E-state index in [1.54, 1.807) is 0 Å². The predicted molar refractivity (Wildman–Crippen MR) is 131 cm³/mol. The van der Waals surface area contributed by atoms with Gasteiger partial charge in [0, 0.05) is 62.8 Å². The first-order valence-electron chi connectivity index (χ1n) is 10.7. The van der Waals surface area contributed by atoms with Crippen LogP contribution in [-0.4, -0.2) is 47.4 Å². The molecule has 2 heterocycles. The lowest BCUT2D eigenvalue weighted by molar-refractivity contribution is 0.677. The predicted octanol–water partition coefficient (Wildman–Crippen LogP) is 3.35. The summed E-state index contributed by atoms with van der Waals surface area (Å²) in [4.78, 5) is 6.85. The number of hydrogen-bond donors (Lipinski definition) is 2. The molecule has 0 radical (unpaired) electrons. The second-order valence-electron chi connectivity index (χ2n) is 7.52. The molecule has 0 spiro atoms. The number of anilines is 1. The van der Waals surface area contributed by atoms with E-state index in [1.165, 1.54) is 33.9 Å². The largest absolute Gasteiger partial charge is 0.370 e. The Bertz CT molecular complexity index is 962. The van der Waals surface area contributed by atoms with Gasteiger partial charge in [-0.25, -0.2) is 0 Å². The van der Waals surface area contributed by atoms with Gasteiger partial charge in [0.25, 0.3) is 0 Å². The number of thioether (sulfide) groups is 1. The fraction of sp³-hybridized carbons (Fsp3) is 0.333. The molecule has 2 aromatic carbocycles. The highest BCUT2D eigenvalue weighted by Crippen LogP contribution is 2.19. The van der Waals surface area contributed by atoms with Crippen LogP contribution in [0.1, 0.15) is 16.7 Å². The monoisotopic (exact) mass is 434 g/mol. The van der Waals surface area contributed by atoms with E-state index in [-0.39, 0.29) is 0 Å². The van der Waals surface area contributed by atoms with Gasteiger partial charge < -0.3 is 15.5 Å². The van der Waals surface area contributed by atoms with Gasteiger partial charge in [0.1, 0.15) is 0 Å². The van der Waals surface area contributed by atoms with Gasteiger partial charge in [-0.3, -0.25) is 9.67 Å². The van der Waals surface area contributed by atoms with E-state index >= 15 is 0 Å². The molecular formula is C24H30N6S. The van der Waals surface area contributed by atoms with Crippen LogP contribution in [-0.2, 0) is 19.6 Å². The number of rotatable bonds is 7. The van der Waals surface area contributed by atoms with Crippen LogP contribution in [0, 0.1) is 0 Å². The van der Waals surface area contributed by atoms with Crippen molar-refractivity contribution in [3.05, 3.63) is 83.7 Å². The standard InChI is InChI=1S/C24H30N6S/c1-25-24(26-17-20-7-9-23(10-8-20)29-13-15-31-16-14-29)27-18-21-5-2-3-6-22(21)19-30-12-4-11-28-30/h2-12H,13-19H2,1H3,(H2,25,26,27). The van der Waals surface area contributed by atoms with Crippen molar-refractivity contribution in [1.29, 1.82) is 0 Å². The van der Waals surface area contributed by atoms with Gasteiger partial charge in [0.05, 0.1) is 6.54 Å². The normalized spacial score (nSPS) is 14.5. The molecule has 0 unspecified atom stereocenters. The summed E-state index contributed by atoms with van der Waals surface area (Å²) in [5, 5.41) is 11.2. The van der Waals surface area contributed by atoms with E-state index in [0.29, 0.717) is 6.54 Å². The fourth-order valence-electron chi connectivity index (χ4n) is 3.68. The third-order valence-corrected chi connectivity index (χ3v) is 6.39. The molecule has 0 atom stereocenters. The molecule has 1 aliphatic heterocycles. The first-order valence-corrected chi connectivity index (χ1v) is 11.9. The average molecular weight is 435 g/mol.